The van der Waals surface area contributed by atoms with Crippen molar-refractivity contribution in [2.75, 3.05) is 13.6 Å². The van der Waals surface area contributed by atoms with Crippen LogP contribution in [0, 0.1) is 6.92 Å². The van der Waals surface area contributed by atoms with Gasteiger partial charge in [0.1, 0.15) is 0 Å². The van der Waals surface area contributed by atoms with E-state index in [1.54, 1.807) is 11.1 Å². The predicted octanol–water partition coefficient (Wildman–Crippen LogP) is 3.75. The molecule has 4 rings (SSSR count). The Morgan fingerprint density at radius 3 is 2.74 bits per heavy atom. The highest BCUT2D eigenvalue weighted by atomic mass is 15.1. The van der Waals surface area contributed by atoms with Crippen molar-refractivity contribution in [2.45, 2.75) is 25.8 Å². The van der Waals surface area contributed by atoms with Crippen LogP contribution in [0.5, 0.6) is 0 Å². The van der Waals surface area contributed by atoms with Gasteiger partial charge in [-0.3, -0.25) is 4.90 Å². The Hall–Kier alpha value is -1.60. The van der Waals surface area contributed by atoms with Crippen LogP contribution in [0.25, 0.3) is 11.1 Å². The fourth-order valence-corrected chi connectivity index (χ4v) is 3.87. The molecule has 0 amide bonds. The molecule has 0 fully saturated rings. The van der Waals surface area contributed by atoms with E-state index in [4.69, 9.17) is 0 Å². The second-order valence-electron chi connectivity index (χ2n) is 5.94. The Kier molecular flexibility index (Phi) is 2.33. The number of nitrogens with zero attached hydrogens (tertiary/aromatic N) is 1. The molecule has 96 valence electrons. The molecule has 0 saturated heterocycles. The third kappa shape index (κ3) is 1.51. The lowest BCUT2D eigenvalue weighted by atomic mass is 9.76. The molecule has 1 unspecified atom stereocenters. The van der Waals surface area contributed by atoms with Crippen LogP contribution in [0.1, 0.15) is 28.3 Å². The first kappa shape index (κ1) is 11.2. The molecular formula is C18H19N. The van der Waals surface area contributed by atoms with Crippen molar-refractivity contribution in [1.82, 2.24) is 4.90 Å². The molecule has 0 radical (unpaired) electrons. The average molecular weight is 249 g/mol. The van der Waals surface area contributed by atoms with Gasteiger partial charge in [-0.15, -0.1) is 0 Å². The topological polar surface area (TPSA) is 3.24 Å². The smallest absolute Gasteiger partial charge is 0.0394 e. The van der Waals surface area contributed by atoms with Gasteiger partial charge in [0.15, 0.2) is 0 Å². The molecule has 19 heavy (non-hydrogen) atoms. The molecule has 0 saturated carbocycles. The van der Waals surface area contributed by atoms with E-state index in [9.17, 15) is 0 Å². The molecule has 1 atom stereocenters. The molecule has 2 aromatic rings. The number of hydrogen-bond acceptors (Lipinski definition) is 1. The summed E-state index contributed by atoms with van der Waals surface area (Å²) in [6.45, 7) is 3.42. The molecule has 0 N–H and O–H groups in total. The van der Waals surface area contributed by atoms with Crippen LogP contribution in [0.15, 0.2) is 36.4 Å². The van der Waals surface area contributed by atoms with E-state index in [2.05, 4.69) is 55.3 Å². The van der Waals surface area contributed by atoms with E-state index in [0.717, 1.165) is 6.42 Å². The fourth-order valence-electron chi connectivity index (χ4n) is 3.87. The maximum absolute atomic E-state index is 2.52. The summed E-state index contributed by atoms with van der Waals surface area (Å²) in [6, 6.07) is 14.2. The second kappa shape index (κ2) is 3.94. The highest BCUT2D eigenvalue weighted by molar-refractivity contribution is 5.78. The minimum atomic E-state index is 0.578. The number of benzene rings is 2. The summed E-state index contributed by atoms with van der Waals surface area (Å²) >= 11 is 0. The molecule has 2 aromatic carbocycles. The Balaban J connectivity index is 2.05. The van der Waals surface area contributed by atoms with Gasteiger partial charge in [-0.05, 0) is 60.2 Å². The predicted molar refractivity (Wildman–Crippen MR) is 79.4 cm³/mol. The lowest BCUT2D eigenvalue weighted by molar-refractivity contribution is 0.228. The summed E-state index contributed by atoms with van der Waals surface area (Å²) in [6.07, 6.45) is 2.36. The summed E-state index contributed by atoms with van der Waals surface area (Å²) < 4.78 is 0. The molecular weight excluding hydrogens is 230 g/mol. The van der Waals surface area contributed by atoms with Gasteiger partial charge in [0, 0.05) is 12.6 Å². The van der Waals surface area contributed by atoms with Crippen LogP contribution in [0.4, 0.5) is 0 Å². The number of rotatable bonds is 0. The number of hydrogen-bond donors (Lipinski definition) is 0. The first-order valence-electron chi connectivity index (χ1n) is 7.16. The van der Waals surface area contributed by atoms with Gasteiger partial charge in [0.2, 0.25) is 0 Å². The first-order chi connectivity index (χ1) is 9.25. The molecule has 0 spiro atoms. The van der Waals surface area contributed by atoms with Gasteiger partial charge in [0.25, 0.3) is 0 Å². The van der Waals surface area contributed by atoms with Crippen LogP contribution in [-0.4, -0.2) is 18.5 Å². The fraction of sp³-hybridized carbons (Fsp3) is 0.333. The third-order valence-corrected chi connectivity index (χ3v) is 4.84. The van der Waals surface area contributed by atoms with E-state index >= 15 is 0 Å². The van der Waals surface area contributed by atoms with Crippen molar-refractivity contribution in [2.24, 2.45) is 0 Å². The number of fused-ring (bicyclic) bond motifs is 2. The normalized spacial score (nSPS) is 20.8. The van der Waals surface area contributed by atoms with E-state index in [-0.39, 0.29) is 0 Å². The van der Waals surface area contributed by atoms with E-state index in [1.807, 2.05) is 0 Å². The van der Waals surface area contributed by atoms with Gasteiger partial charge in [-0.25, -0.2) is 0 Å². The van der Waals surface area contributed by atoms with E-state index in [1.165, 1.54) is 35.2 Å². The maximum Gasteiger partial charge on any atom is 0.0394 e. The molecule has 1 aliphatic heterocycles. The van der Waals surface area contributed by atoms with Crippen LogP contribution in [0.3, 0.4) is 0 Å². The highest BCUT2D eigenvalue weighted by Crippen LogP contribution is 2.45. The Labute approximate surface area is 114 Å². The second-order valence-corrected chi connectivity index (χ2v) is 5.94. The summed E-state index contributed by atoms with van der Waals surface area (Å²) in [5.74, 6) is 0. The average Bonchev–Trinajstić information content (AvgIpc) is 2.43. The summed E-state index contributed by atoms with van der Waals surface area (Å²) in [5.41, 5.74) is 9.06. The molecule has 1 heteroatoms. The SMILES string of the molecule is Cc1cccc2c1-c1cccc3c1C(C2)N(C)CC3. The molecule has 1 heterocycles. The minimum absolute atomic E-state index is 0.578. The van der Waals surface area contributed by atoms with Crippen LogP contribution in [-0.2, 0) is 12.8 Å². The van der Waals surface area contributed by atoms with Gasteiger partial charge in [0.05, 0.1) is 0 Å². The Morgan fingerprint density at radius 1 is 1.05 bits per heavy atom. The van der Waals surface area contributed by atoms with Crippen molar-refractivity contribution in [3.63, 3.8) is 0 Å². The summed E-state index contributed by atoms with van der Waals surface area (Å²) in [7, 11) is 2.27. The molecule has 1 nitrogen and oxygen atoms in total. The van der Waals surface area contributed by atoms with Gasteiger partial charge in [-0.2, -0.15) is 0 Å². The van der Waals surface area contributed by atoms with Crippen molar-refractivity contribution < 1.29 is 0 Å². The van der Waals surface area contributed by atoms with Crippen LogP contribution in [0.2, 0.25) is 0 Å². The van der Waals surface area contributed by atoms with Crippen LogP contribution >= 0.6 is 0 Å². The largest absolute Gasteiger partial charge is 0.299 e. The van der Waals surface area contributed by atoms with Crippen molar-refractivity contribution in [3.8, 4) is 11.1 Å². The monoisotopic (exact) mass is 249 g/mol. The van der Waals surface area contributed by atoms with Crippen LogP contribution < -0.4 is 0 Å². The summed E-state index contributed by atoms with van der Waals surface area (Å²) in [4.78, 5) is 2.52. The van der Waals surface area contributed by atoms with E-state index in [0.29, 0.717) is 6.04 Å². The zero-order valence-electron chi connectivity index (χ0n) is 11.6. The van der Waals surface area contributed by atoms with Crippen molar-refractivity contribution >= 4 is 0 Å². The van der Waals surface area contributed by atoms with Crippen molar-refractivity contribution in [1.29, 1.82) is 0 Å². The standard InChI is InChI=1S/C18H19N/c1-12-5-3-7-14-11-16-18-13(9-10-19(16)2)6-4-8-15(18)17(12)14/h3-8,16H,9-11H2,1-2H3. The molecule has 0 aromatic heterocycles. The van der Waals surface area contributed by atoms with Crippen molar-refractivity contribution in [3.05, 3.63) is 58.7 Å². The van der Waals surface area contributed by atoms with E-state index < -0.39 is 0 Å². The number of aryl methyl sites for hydroxylation is 1. The Morgan fingerprint density at radius 2 is 1.84 bits per heavy atom. The Bertz CT molecular complexity index is 657. The van der Waals surface area contributed by atoms with Gasteiger partial charge < -0.3 is 0 Å². The quantitative estimate of drug-likeness (QED) is 0.687. The maximum atomic E-state index is 2.52. The van der Waals surface area contributed by atoms with Gasteiger partial charge in [-0.1, -0.05) is 36.4 Å². The lowest BCUT2D eigenvalue weighted by Crippen LogP contribution is -2.35. The lowest BCUT2D eigenvalue weighted by Gasteiger charge is -2.40. The third-order valence-electron chi connectivity index (χ3n) is 4.84. The van der Waals surface area contributed by atoms with Gasteiger partial charge >= 0.3 is 0 Å². The summed E-state index contributed by atoms with van der Waals surface area (Å²) in [5, 5.41) is 0. The molecule has 0 bridgehead atoms. The highest BCUT2D eigenvalue weighted by Gasteiger charge is 2.32. The molecule has 1 aliphatic carbocycles. The zero-order valence-corrected chi connectivity index (χ0v) is 11.6. The zero-order chi connectivity index (χ0) is 13.0. The molecule has 2 aliphatic rings. The minimum Gasteiger partial charge on any atom is -0.299 e. The number of likely N-dealkylation sites (N-methyl/N-ethyl adjacent to an activating group) is 1. The first-order valence-corrected chi connectivity index (χ1v) is 7.16.